The third kappa shape index (κ3) is 3.08. The second kappa shape index (κ2) is 5.65. The highest BCUT2D eigenvalue weighted by molar-refractivity contribution is 5.44. The summed E-state index contributed by atoms with van der Waals surface area (Å²) in [5.41, 5.74) is 10.1. The summed E-state index contributed by atoms with van der Waals surface area (Å²) in [4.78, 5) is 6.49. The van der Waals surface area contributed by atoms with Crippen LogP contribution in [0.2, 0.25) is 0 Å². The highest BCUT2D eigenvalue weighted by Gasteiger charge is 2.02. The molecule has 18 heavy (non-hydrogen) atoms. The van der Waals surface area contributed by atoms with Crippen molar-refractivity contribution in [3.8, 4) is 0 Å². The van der Waals surface area contributed by atoms with Crippen molar-refractivity contribution in [1.29, 1.82) is 0 Å². The first-order valence-electron chi connectivity index (χ1n) is 6.10. The van der Waals surface area contributed by atoms with Crippen LogP contribution in [-0.4, -0.2) is 12.0 Å². The number of hydrogen-bond donors (Lipinski definition) is 1. The van der Waals surface area contributed by atoms with Crippen molar-refractivity contribution < 1.29 is 0 Å². The molecule has 0 atom stereocenters. The van der Waals surface area contributed by atoms with Crippen LogP contribution in [0.4, 0.5) is 5.69 Å². The van der Waals surface area contributed by atoms with Crippen LogP contribution < -0.4 is 10.6 Å². The summed E-state index contributed by atoms with van der Waals surface area (Å²) in [7, 11) is 2.07. The number of pyridine rings is 1. The average Bonchev–Trinajstić information content (AvgIpc) is 2.41. The molecule has 2 rings (SSSR count). The topological polar surface area (TPSA) is 42.1 Å². The molecule has 0 spiro atoms. The number of nitrogens with two attached hydrogens (primary N) is 1. The fourth-order valence-corrected chi connectivity index (χ4v) is 1.82. The predicted octanol–water partition coefficient (Wildman–Crippen LogP) is 2.49. The molecule has 0 saturated heterocycles. The summed E-state index contributed by atoms with van der Waals surface area (Å²) in [5.74, 6) is 0. The molecule has 1 heterocycles. The van der Waals surface area contributed by atoms with E-state index in [0.29, 0.717) is 6.54 Å². The number of nitrogens with zero attached hydrogens (tertiary/aromatic N) is 2. The van der Waals surface area contributed by atoms with Crippen LogP contribution in [0.3, 0.4) is 0 Å². The standard InChI is InChI=1S/C15H19N3/c1-12-3-5-13(6-4-12)11-18(2)15-8-7-14(9-16)17-10-15/h3-8,10H,9,11,16H2,1-2H3. The Hall–Kier alpha value is -1.87. The molecule has 2 aromatic rings. The highest BCUT2D eigenvalue weighted by atomic mass is 15.1. The van der Waals surface area contributed by atoms with Crippen LogP contribution in [0.1, 0.15) is 16.8 Å². The normalized spacial score (nSPS) is 10.4. The fraction of sp³-hybridized carbons (Fsp3) is 0.267. The third-order valence-electron chi connectivity index (χ3n) is 3.00. The predicted molar refractivity (Wildman–Crippen MR) is 75.4 cm³/mol. The van der Waals surface area contributed by atoms with Gasteiger partial charge in [0.25, 0.3) is 0 Å². The van der Waals surface area contributed by atoms with E-state index in [4.69, 9.17) is 5.73 Å². The molecule has 0 fully saturated rings. The minimum atomic E-state index is 0.488. The first kappa shape index (κ1) is 12.6. The van der Waals surface area contributed by atoms with E-state index in [0.717, 1.165) is 17.9 Å². The Morgan fingerprint density at radius 3 is 2.39 bits per heavy atom. The Balaban J connectivity index is 2.06. The molecule has 1 aromatic carbocycles. The van der Waals surface area contributed by atoms with Crippen molar-refractivity contribution in [2.45, 2.75) is 20.0 Å². The molecule has 0 saturated carbocycles. The van der Waals surface area contributed by atoms with Gasteiger partial charge in [0.1, 0.15) is 0 Å². The number of benzene rings is 1. The van der Waals surface area contributed by atoms with Gasteiger partial charge in [0.2, 0.25) is 0 Å². The van der Waals surface area contributed by atoms with E-state index >= 15 is 0 Å². The molecule has 0 unspecified atom stereocenters. The lowest BCUT2D eigenvalue weighted by atomic mass is 10.1. The van der Waals surface area contributed by atoms with Crippen molar-refractivity contribution in [2.24, 2.45) is 5.73 Å². The van der Waals surface area contributed by atoms with E-state index in [1.54, 1.807) is 0 Å². The van der Waals surface area contributed by atoms with Gasteiger partial charge >= 0.3 is 0 Å². The number of hydrogen-bond acceptors (Lipinski definition) is 3. The van der Waals surface area contributed by atoms with E-state index in [-0.39, 0.29) is 0 Å². The Morgan fingerprint density at radius 2 is 1.83 bits per heavy atom. The summed E-state index contributed by atoms with van der Waals surface area (Å²) in [6.45, 7) is 3.47. The average molecular weight is 241 g/mol. The molecule has 0 amide bonds. The van der Waals surface area contributed by atoms with Crippen LogP contribution in [0, 0.1) is 6.92 Å². The summed E-state index contributed by atoms with van der Waals surface area (Å²) in [5, 5.41) is 0. The Kier molecular flexibility index (Phi) is 3.95. The zero-order chi connectivity index (χ0) is 13.0. The maximum absolute atomic E-state index is 5.54. The van der Waals surface area contributed by atoms with Crippen LogP contribution in [0.15, 0.2) is 42.6 Å². The summed E-state index contributed by atoms with van der Waals surface area (Å²) < 4.78 is 0. The third-order valence-corrected chi connectivity index (χ3v) is 3.00. The van der Waals surface area contributed by atoms with E-state index in [9.17, 15) is 0 Å². The van der Waals surface area contributed by atoms with Gasteiger partial charge in [-0.25, -0.2) is 0 Å². The summed E-state index contributed by atoms with van der Waals surface area (Å²) in [6, 6.07) is 12.6. The van der Waals surface area contributed by atoms with Gasteiger partial charge in [-0.1, -0.05) is 29.8 Å². The van der Waals surface area contributed by atoms with Gasteiger partial charge in [0, 0.05) is 20.1 Å². The summed E-state index contributed by atoms with van der Waals surface area (Å²) in [6.07, 6.45) is 1.87. The Labute approximate surface area is 108 Å². The fourth-order valence-electron chi connectivity index (χ4n) is 1.82. The molecule has 3 heteroatoms. The van der Waals surface area contributed by atoms with Crippen molar-refractivity contribution in [3.63, 3.8) is 0 Å². The largest absolute Gasteiger partial charge is 0.369 e. The molecule has 3 nitrogen and oxygen atoms in total. The van der Waals surface area contributed by atoms with E-state index in [1.807, 2.05) is 12.3 Å². The number of rotatable bonds is 4. The first-order chi connectivity index (χ1) is 8.69. The van der Waals surface area contributed by atoms with E-state index in [2.05, 4.69) is 54.2 Å². The zero-order valence-electron chi connectivity index (χ0n) is 10.9. The zero-order valence-corrected chi connectivity index (χ0v) is 10.9. The highest BCUT2D eigenvalue weighted by Crippen LogP contribution is 2.15. The number of aromatic nitrogens is 1. The van der Waals surface area contributed by atoms with Gasteiger partial charge in [0.05, 0.1) is 17.6 Å². The van der Waals surface area contributed by atoms with Gasteiger partial charge in [-0.05, 0) is 24.6 Å². The number of anilines is 1. The van der Waals surface area contributed by atoms with Crippen molar-refractivity contribution in [3.05, 3.63) is 59.4 Å². The Morgan fingerprint density at radius 1 is 1.11 bits per heavy atom. The van der Waals surface area contributed by atoms with E-state index in [1.165, 1.54) is 11.1 Å². The summed E-state index contributed by atoms with van der Waals surface area (Å²) >= 11 is 0. The van der Waals surface area contributed by atoms with Crippen LogP contribution in [0.25, 0.3) is 0 Å². The van der Waals surface area contributed by atoms with Crippen molar-refractivity contribution >= 4 is 5.69 Å². The lowest BCUT2D eigenvalue weighted by molar-refractivity contribution is 0.907. The lowest BCUT2D eigenvalue weighted by Gasteiger charge is -2.19. The van der Waals surface area contributed by atoms with Gasteiger partial charge in [-0.15, -0.1) is 0 Å². The van der Waals surface area contributed by atoms with Gasteiger partial charge in [-0.3, -0.25) is 4.98 Å². The SMILES string of the molecule is Cc1ccc(CN(C)c2ccc(CN)nc2)cc1. The van der Waals surface area contributed by atoms with Crippen LogP contribution in [-0.2, 0) is 13.1 Å². The molecule has 0 radical (unpaired) electrons. The van der Waals surface area contributed by atoms with Gasteiger partial charge in [0.15, 0.2) is 0 Å². The molecular weight excluding hydrogens is 222 g/mol. The monoisotopic (exact) mass is 241 g/mol. The smallest absolute Gasteiger partial charge is 0.0553 e. The van der Waals surface area contributed by atoms with Gasteiger partial charge in [-0.2, -0.15) is 0 Å². The minimum absolute atomic E-state index is 0.488. The maximum atomic E-state index is 5.54. The molecule has 94 valence electrons. The molecule has 1 aromatic heterocycles. The van der Waals surface area contributed by atoms with Gasteiger partial charge < -0.3 is 10.6 Å². The quantitative estimate of drug-likeness (QED) is 0.894. The minimum Gasteiger partial charge on any atom is -0.369 e. The van der Waals surface area contributed by atoms with Crippen molar-refractivity contribution in [2.75, 3.05) is 11.9 Å². The van der Waals surface area contributed by atoms with E-state index < -0.39 is 0 Å². The molecule has 0 aliphatic heterocycles. The molecule has 0 aliphatic carbocycles. The second-order valence-corrected chi connectivity index (χ2v) is 4.55. The maximum Gasteiger partial charge on any atom is 0.0553 e. The van der Waals surface area contributed by atoms with Crippen molar-refractivity contribution in [1.82, 2.24) is 4.98 Å². The molecular formula is C15H19N3. The first-order valence-corrected chi connectivity index (χ1v) is 6.10. The van der Waals surface area contributed by atoms with Crippen LogP contribution >= 0.6 is 0 Å². The lowest BCUT2D eigenvalue weighted by Crippen LogP contribution is -2.16. The number of aryl methyl sites for hydroxylation is 1. The molecule has 0 bridgehead atoms. The molecule has 2 N–H and O–H groups in total. The second-order valence-electron chi connectivity index (χ2n) is 4.55. The van der Waals surface area contributed by atoms with Crippen LogP contribution in [0.5, 0.6) is 0 Å². The Bertz CT molecular complexity index is 488. The molecule has 0 aliphatic rings.